The fraction of sp³-hybridized carbons (Fsp3) is 0.286. The van der Waals surface area contributed by atoms with Crippen molar-refractivity contribution in [3.05, 3.63) is 29.8 Å². The van der Waals surface area contributed by atoms with E-state index >= 15 is 0 Å². The first-order chi connectivity index (χ1) is 6.46. The molecule has 1 unspecified atom stereocenters. The molecule has 0 radical (unpaired) electrons. The van der Waals surface area contributed by atoms with E-state index in [-0.39, 0.29) is 0 Å². The Balaban J connectivity index is 3.08. The van der Waals surface area contributed by atoms with E-state index in [0.717, 1.165) is 12.3 Å². The van der Waals surface area contributed by atoms with Gasteiger partial charge in [0.1, 0.15) is 11.9 Å². The Morgan fingerprint density at radius 2 is 2.07 bits per heavy atom. The molecular weight excluding hydrogens is 202 g/mol. The van der Waals surface area contributed by atoms with E-state index in [1.165, 1.54) is 5.43 Å². The highest BCUT2D eigenvalue weighted by molar-refractivity contribution is 5.18. The molecule has 1 heterocycles. The monoisotopic (exact) mass is 209 g/mol. The summed E-state index contributed by atoms with van der Waals surface area (Å²) in [4.78, 5) is 3.33. The molecule has 0 aliphatic carbocycles. The first-order valence-corrected chi connectivity index (χ1v) is 3.59. The zero-order valence-electron chi connectivity index (χ0n) is 6.85. The third kappa shape index (κ3) is 2.18. The molecule has 0 aliphatic rings. The number of alkyl halides is 3. The SMILES string of the molecule is NNC(c1ccncc1F)C(F)(F)F. The molecule has 78 valence electrons. The fourth-order valence-corrected chi connectivity index (χ4v) is 0.981. The second-order valence-corrected chi connectivity index (χ2v) is 2.54. The largest absolute Gasteiger partial charge is 0.409 e. The van der Waals surface area contributed by atoms with Crippen molar-refractivity contribution in [3.63, 3.8) is 0 Å². The predicted octanol–water partition coefficient (Wildman–Crippen LogP) is 1.29. The molecule has 1 aromatic heterocycles. The minimum Gasteiger partial charge on any atom is -0.271 e. The van der Waals surface area contributed by atoms with Gasteiger partial charge in [0.15, 0.2) is 0 Å². The number of nitrogens with two attached hydrogens (primary N) is 1. The van der Waals surface area contributed by atoms with Gasteiger partial charge in [0.05, 0.1) is 6.20 Å². The van der Waals surface area contributed by atoms with Crippen LogP contribution in [0, 0.1) is 5.82 Å². The van der Waals surface area contributed by atoms with Crippen molar-refractivity contribution >= 4 is 0 Å². The third-order valence-corrected chi connectivity index (χ3v) is 1.61. The first kappa shape index (κ1) is 10.9. The average Bonchev–Trinajstić information content (AvgIpc) is 2.07. The lowest BCUT2D eigenvalue weighted by atomic mass is 10.1. The van der Waals surface area contributed by atoms with Gasteiger partial charge in [-0.3, -0.25) is 10.8 Å². The van der Waals surface area contributed by atoms with Crippen molar-refractivity contribution in [3.8, 4) is 0 Å². The van der Waals surface area contributed by atoms with Gasteiger partial charge in [-0.25, -0.2) is 9.82 Å². The first-order valence-electron chi connectivity index (χ1n) is 3.59. The van der Waals surface area contributed by atoms with Gasteiger partial charge < -0.3 is 0 Å². The second-order valence-electron chi connectivity index (χ2n) is 2.54. The average molecular weight is 209 g/mol. The predicted molar refractivity (Wildman–Crippen MR) is 40.3 cm³/mol. The zero-order chi connectivity index (χ0) is 10.8. The van der Waals surface area contributed by atoms with Gasteiger partial charge in [0, 0.05) is 11.8 Å². The quantitative estimate of drug-likeness (QED) is 0.438. The number of hydrazine groups is 1. The fourth-order valence-electron chi connectivity index (χ4n) is 0.981. The summed E-state index contributed by atoms with van der Waals surface area (Å²) in [6.07, 6.45) is -2.88. The molecule has 0 saturated carbocycles. The number of nitrogens with one attached hydrogen (secondary N) is 1. The van der Waals surface area contributed by atoms with Crippen LogP contribution in [-0.2, 0) is 0 Å². The van der Waals surface area contributed by atoms with Crippen LogP contribution >= 0.6 is 0 Å². The Morgan fingerprint density at radius 3 is 2.50 bits per heavy atom. The molecule has 0 aromatic carbocycles. The second kappa shape index (κ2) is 3.89. The molecule has 7 heteroatoms. The normalized spacial score (nSPS) is 14.1. The summed E-state index contributed by atoms with van der Waals surface area (Å²) in [5, 5.41) is 0. The molecule has 0 aliphatic heterocycles. The number of aromatic nitrogens is 1. The lowest BCUT2D eigenvalue weighted by molar-refractivity contribution is -0.158. The number of rotatable bonds is 2. The van der Waals surface area contributed by atoms with Crippen LogP contribution in [0.2, 0.25) is 0 Å². The molecule has 3 N–H and O–H groups in total. The van der Waals surface area contributed by atoms with Crippen molar-refractivity contribution in [1.82, 2.24) is 10.4 Å². The zero-order valence-corrected chi connectivity index (χ0v) is 6.85. The van der Waals surface area contributed by atoms with Gasteiger partial charge in [-0.2, -0.15) is 13.2 Å². The molecule has 14 heavy (non-hydrogen) atoms. The maximum absolute atomic E-state index is 12.9. The Hall–Kier alpha value is -1.21. The van der Waals surface area contributed by atoms with E-state index in [1.807, 2.05) is 0 Å². The van der Waals surface area contributed by atoms with Gasteiger partial charge in [-0.05, 0) is 6.07 Å². The van der Waals surface area contributed by atoms with Gasteiger partial charge in [0.25, 0.3) is 0 Å². The lowest BCUT2D eigenvalue weighted by Crippen LogP contribution is -2.39. The topological polar surface area (TPSA) is 50.9 Å². The van der Waals surface area contributed by atoms with E-state index in [2.05, 4.69) is 4.98 Å². The van der Waals surface area contributed by atoms with Gasteiger partial charge in [0.2, 0.25) is 0 Å². The van der Waals surface area contributed by atoms with Crippen LogP contribution < -0.4 is 11.3 Å². The summed E-state index contributed by atoms with van der Waals surface area (Å²) in [6, 6.07) is -1.29. The van der Waals surface area contributed by atoms with E-state index in [4.69, 9.17) is 5.84 Å². The van der Waals surface area contributed by atoms with Crippen LogP contribution in [0.25, 0.3) is 0 Å². The molecule has 0 bridgehead atoms. The molecule has 0 fully saturated rings. The van der Waals surface area contributed by atoms with E-state index in [9.17, 15) is 17.6 Å². The smallest absolute Gasteiger partial charge is 0.271 e. The van der Waals surface area contributed by atoms with E-state index in [1.54, 1.807) is 0 Å². The molecule has 0 spiro atoms. The number of pyridine rings is 1. The van der Waals surface area contributed by atoms with Crippen LogP contribution in [-0.4, -0.2) is 11.2 Å². The summed E-state index contributed by atoms with van der Waals surface area (Å²) >= 11 is 0. The highest BCUT2D eigenvalue weighted by Gasteiger charge is 2.41. The van der Waals surface area contributed by atoms with Gasteiger partial charge >= 0.3 is 6.18 Å². The molecule has 1 aromatic rings. The van der Waals surface area contributed by atoms with Crippen LogP contribution in [0.4, 0.5) is 17.6 Å². The number of hydrogen-bond acceptors (Lipinski definition) is 3. The Kier molecular flexibility index (Phi) is 3.02. The minimum atomic E-state index is -4.64. The Bertz CT molecular complexity index is 312. The standard InChI is InChI=1S/C7H7F4N3/c8-5-3-13-2-1-4(5)6(14-12)7(9,10)11/h1-3,6,14H,12H2. The van der Waals surface area contributed by atoms with Crippen molar-refractivity contribution < 1.29 is 17.6 Å². The van der Waals surface area contributed by atoms with Crippen LogP contribution in [0.3, 0.4) is 0 Å². The molecule has 0 saturated heterocycles. The van der Waals surface area contributed by atoms with Crippen LogP contribution in [0.5, 0.6) is 0 Å². The van der Waals surface area contributed by atoms with Crippen molar-refractivity contribution in [2.24, 2.45) is 5.84 Å². The van der Waals surface area contributed by atoms with Gasteiger partial charge in [-0.1, -0.05) is 0 Å². The lowest BCUT2D eigenvalue weighted by Gasteiger charge is -2.19. The maximum atomic E-state index is 12.9. The van der Waals surface area contributed by atoms with E-state index in [0.29, 0.717) is 6.20 Å². The number of nitrogens with zero attached hydrogens (tertiary/aromatic N) is 1. The molecule has 0 amide bonds. The van der Waals surface area contributed by atoms with Crippen molar-refractivity contribution in [2.75, 3.05) is 0 Å². The highest BCUT2D eigenvalue weighted by atomic mass is 19.4. The van der Waals surface area contributed by atoms with Crippen LogP contribution in [0.1, 0.15) is 11.6 Å². The molecule has 1 rings (SSSR count). The molecule has 3 nitrogen and oxygen atoms in total. The van der Waals surface area contributed by atoms with Gasteiger partial charge in [-0.15, -0.1) is 0 Å². The number of hydrogen-bond donors (Lipinski definition) is 2. The summed E-state index contributed by atoms with van der Waals surface area (Å²) < 4.78 is 49.7. The summed E-state index contributed by atoms with van der Waals surface area (Å²) in [7, 11) is 0. The maximum Gasteiger partial charge on any atom is 0.409 e. The highest BCUT2D eigenvalue weighted by Crippen LogP contribution is 2.32. The van der Waals surface area contributed by atoms with Crippen molar-refractivity contribution in [1.29, 1.82) is 0 Å². The summed E-state index contributed by atoms with van der Waals surface area (Å²) in [5.41, 5.74) is 0.932. The Labute approximate surface area is 76.9 Å². The molecule has 1 atom stereocenters. The minimum absolute atomic E-state index is 0.574. The Morgan fingerprint density at radius 1 is 1.43 bits per heavy atom. The third-order valence-electron chi connectivity index (χ3n) is 1.61. The van der Waals surface area contributed by atoms with Crippen LogP contribution in [0.15, 0.2) is 18.5 Å². The number of halogens is 4. The summed E-state index contributed by atoms with van der Waals surface area (Å²) in [6.45, 7) is 0. The summed E-state index contributed by atoms with van der Waals surface area (Å²) in [5.74, 6) is 3.65. The molecular formula is C7H7F4N3. The van der Waals surface area contributed by atoms with Crippen molar-refractivity contribution in [2.45, 2.75) is 12.2 Å². The van der Waals surface area contributed by atoms with E-state index < -0.39 is 23.6 Å².